The molecule has 1 saturated heterocycles. The molecule has 1 atom stereocenters. The molecule has 88 valence electrons. The van der Waals surface area contributed by atoms with Crippen LogP contribution in [0.15, 0.2) is 30.3 Å². The van der Waals surface area contributed by atoms with Crippen molar-refractivity contribution in [3.8, 4) is 0 Å². The summed E-state index contributed by atoms with van der Waals surface area (Å²) >= 11 is 0. The Morgan fingerprint density at radius 1 is 1.31 bits per heavy atom. The van der Waals surface area contributed by atoms with Crippen LogP contribution in [-0.2, 0) is 6.54 Å². The summed E-state index contributed by atoms with van der Waals surface area (Å²) in [4.78, 5) is 2.54. The maximum Gasteiger partial charge on any atom is 0.0255 e. The molecule has 0 aromatic heterocycles. The molecule has 2 rings (SSSR count). The van der Waals surface area contributed by atoms with Gasteiger partial charge in [-0.2, -0.15) is 0 Å². The maximum absolute atomic E-state index is 3.63. The molecular formula is C14H22N2. The first kappa shape index (κ1) is 11.6. The molecule has 1 aromatic rings. The van der Waals surface area contributed by atoms with E-state index in [9.17, 15) is 0 Å². The van der Waals surface area contributed by atoms with E-state index < -0.39 is 0 Å². The number of nitrogens with one attached hydrogen (secondary N) is 1. The second-order valence-electron chi connectivity index (χ2n) is 5.58. The molecule has 1 aromatic carbocycles. The van der Waals surface area contributed by atoms with Crippen molar-refractivity contribution in [2.75, 3.05) is 13.1 Å². The van der Waals surface area contributed by atoms with E-state index in [4.69, 9.17) is 0 Å². The van der Waals surface area contributed by atoms with Crippen molar-refractivity contribution in [3.63, 3.8) is 0 Å². The first-order valence-electron chi connectivity index (χ1n) is 6.09. The second-order valence-corrected chi connectivity index (χ2v) is 5.58. The van der Waals surface area contributed by atoms with Crippen molar-refractivity contribution >= 4 is 0 Å². The summed E-state index contributed by atoms with van der Waals surface area (Å²) in [5.41, 5.74) is 1.64. The van der Waals surface area contributed by atoms with Crippen LogP contribution in [0.1, 0.15) is 26.3 Å². The molecule has 1 heterocycles. The first-order chi connectivity index (χ1) is 7.55. The summed E-state index contributed by atoms with van der Waals surface area (Å²) in [6.45, 7) is 10.1. The van der Waals surface area contributed by atoms with Crippen LogP contribution in [0.3, 0.4) is 0 Å². The monoisotopic (exact) mass is 218 g/mol. The summed E-state index contributed by atoms with van der Waals surface area (Å²) in [6, 6.07) is 11.3. The zero-order valence-corrected chi connectivity index (χ0v) is 10.5. The molecule has 2 nitrogen and oxygen atoms in total. The Bertz CT molecular complexity index is 332. The molecule has 16 heavy (non-hydrogen) atoms. The van der Waals surface area contributed by atoms with E-state index in [2.05, 4.69) is 61.3 Å². The lowest BCUT2D eigenvalue weighted by Gasteiger charge is -2.42. The van der Waals surface area contributed by atoms with Gasteiger partial charge in [0.1, 0.15) is 0 Å². The van der Waals surface area contributed by atoms with Gasteiger partial charge in [-0.25, -0.2) is 0 Å². The lowest BCUT2D eigenvalue weighted by atomic mass is 9.98. The lowest BCUT2D eigenvalue weighted by Crippen LogP contribution is -2.60. The minimum atomic E-state index is 0.229. The normalized spacial score (nSPS) is 25.6. The maximum atomic E-state index is 3.63. The quantitative estimate of drug-likeness (QED) is 0.819. The fraction of sp³-hybridized carbons (Fsp3) is 0.571. The molecule has 0 radical (unpaired) electrons. The first-order valence-corrected chi connectivity index (χ1v) is 6.09. The fourth-order valence-corrected chi connectivity index (χ4v) is 2.73. The molecule has 0 amide bonds. The van der Waals surface area contributed by atoms with Crippen LogP contribution in [-0.4, -0.2) is 29.6 Å². The van der Waals surface area contributed by atoms with Crippen LogP contribution in [0.4, 0.5) is 0 Å². The highest BCUT2D eigenvalue weighted by molar-refractivity contribution is 5.14. The Morgan fingerprint density at radius 2 is 2.00 bits per heavy atom. The van der Waals surface area contributed by atoms with E-state index in [-0.39, 0.29) is 5.54 Å². The smallest absolute Gasteiger partial charge is 0.0255 e. The van der Waals surface area contributed by atoms with Gasteiger partial charge in [-0.3, -0.25) is 4.90 Å². The number of piperazine rings is 1. The average Bonchev–Trinajstić information content (AvgIpc) is 2.15. The standard InChI is InChI=1S/C14H22N2/c1-12-9-16(11-14(2,3)15-12)10-13-7-5-4-6-8-13/h4-8,12,15H,9-11H2,1-3H3. The Morgan fingerprint density at radius 3 is 2.62 bits per heavy atom. The van der Waals surface area contributed by atoms with Gasteiger partial charge in [0.25, 0.3) is 0 Å². The van der Waals surface area contributed by atoms with Gasteiger partial charge >= 0.3 is 0 Å². The summed E-state index contributed by atoms with van der Waals surface area (Å²) < 4.78 is 0. The van der Waals surface area contributed by atoms with Crippen LogP contribution >= 0.6 is 0 Å². The summed E-state index contributed by atoms with van der Waals surface area (Å²) in [5, 5.41) is 3.63. The van der Waals surface area contributed by atoms with Crippen molar-refractivity contribution in [3.05, 3.63) is 35.9 Å². The van der Waals surface area contributed by atoms with Crippen LogP contribution in [0.2, 0.25) is 0 Å². The number of nitrogens with zero attached hydrogens (tertiary/aromatic N) is 1. The minimum Gasteiger partial charge on any atom is -0.307 e. The minimum absolute atomic E-state index is 0.229. The Kier molecular flexibility index (Phi) is 3.31. The third-order valence-electron chi connectivity index (χ3n) is 3.04. The van der Waals surface area contributed by atoms with Crippen molar-refractivity contribution in [2.45, 2.75) is 38.9 Å². The van der Waals surface area contributed by atoms with Gasteiger partial charge in [0.05, 0.1) is 0 Å². The third-order valence-corrected chi connectivity index (χ3v) is 3.04. The molecule has 0 bridgehead atoms. The number of hydrogen-bond donors (Lipinski definition) is 1. The number of rotatable bonds is 2. The number of hydrogen-bond acceptors (Lipinski definition) is 2. The molecule has 0 saturated carbocycles. The molecule has 0 aliphatic carbocycles. The highest BCUT2D eigenvalue weighted by atomic mass is 15.2. The van der Waals surface area contributed by atoms with E-state index in [0.29, 0.717) is 6.04 Å². The largest absolute Gasteiger partial charge is 0.307 e. The van der Waals surface area contributed by atoms with E-state index in [1.807, 2.05) is 0 Å². The van der Waals surface area contributed by atoms with Crippen molar-refractivity contribution in [1.82, 2.24) is 10.2 Å². The predicted octanol–water partition coefficient (Wildman–Crippen LogP) is 2.26. The van der Waals surface area contributed by atoms with Crippen LogP contribution in [0.5, 0.6) is 0 Å². The van der Waals surface area contributed by atoms with E-state index in [1.165, 1.54) is 5.56 Å². The van der Waals surface area contributed by atoms with Crippen LogP contribution in [0, 0.1) is 0 Å². The van der Waals surface area contributed by atoms with Crippen molar-refractivity contribution < 1.29 is 0 Å². The van der Waals surface area contributed by atoms with E-state index in [1.54, 1.807) is 0 Å². The average molecular weight is 218 g/mol. The summed E-state index contributed by atoms with van der Waals surface area (Å²) in [6.07, 6.45) is 0. The van der Waals surface area contributed by atoms with Gasteiger partial charge in [-0.15, -0.1) is 0 Å². The summed E-state index contributed by atoms with van der Waals surface area (Å²) in [7, 11) is 0. The van der Waals surface area contributed by atoms with Crippen LogP contribution in [0.25, 0.3) is 0 Å². The zero-order chi connectivity index (χ0) is 11.6. The van der Waals surface area contributed by atoms with Crippen molar-refractivity contribution in [1.29, 1.82) is 0 Å². The zero-order valence-electron chi connectivity index (χ0n) is 10.5. The SMILES string of the molecule is CC1CN(Cc2ccccc2)CC(C)(C)N1. The van der Waals surface area contributed by atoms with Gasteiger partial charge in [-0.05, 0) is 26.3 Å². The van der Waals surface area contributed by atoms with Gasteiger partial charge in [-0.1, -0.05) is 30.3 Å². The molecule has 1 unspecified atom stereocenters. The van der Waals surface area contributed by atoms with Gasteiger partial charge in [0.2, 0.25) is 0 Å². The predicted molar refractivity (Wildman–Crippen MR) is 68.4 cm³/mol. The molecular weight excluding hydrogens is 196 g/mol. The molecule has 1 aliphatic rings. The topological polar surface area (TPSA) is 15.3 Å². The second kappa shape index (κ2) is 4.56. The fourth-order valence-electron chi connectivity index (χ4n) is 2.73. The van der Waals surface area contributed by atoms with E-state index in [0.717, 1.165) is 19.6 Å². The Hall–Kier alpha value is -0.860. The Balaban J connectivity index is 2.00. The molecule has 1 N–H and O–H groups in total. The Labute approximate surface area is 98.7 Å². The lowest BCUT2D eigenvalue weighted by molar-refractivity contribution is 0.117. The van der Waals surface area contributed by atoms with Gasteiger partial charge in [0, 0.05) is 31.2 Å². The van der Waals surface area contributed by atoms with Gasteiger partial charge < -0.3 is 5.32 Å². The molecule has 0 spiro atoms. The third kappa shape index (κ3) is 3.06. The highest BCUT2D eigenvalue weighted by Crippen LogP contribution is 2.16. The van der Waals surface area contributed by atoms with Crippen LogP contribution < -0.4 is 5.32 Å². The van der Waals surface area contributed by atoms with Gasteiger partial charge in [0.15, 0.2) is 0 Å². The highest BCUT2D eigenvalue weighted by Gasteiger charge is 2.29. The van der Waals surface area contributed by atoms with E-state index >= 15 is 0 Å². The molecule has 1 aliphatic heterocycles. The molecule has 2 heteroatoms. The number of benzene rings is 1. The molecule has 1 fully saturated rings. The summed E-state index contributed by atoms with van der Waals surface area (Å²) in [5.74, 6) is 0. The van der Waals surface area contributed by atoms with Crippen molar-refractivity contribution in [2.24, 2.45) is 0 Å².